The summed E-state index contributed by atoms with van der Waals surface area (Å²) in [6.45, 7) is -0.213. The number of hydrogen-bond donors (Lipinski definition) is 4. The van der Waals surface area contributed by atoms with Gasteiger partial charge in [0.05, 0.1) is 7.14 Å². The number of anilines is 2. The molecule has 0 fully saturated rings. The van der Waals surface area contributed by atoms with Gasteiger partial charge >= 0.3 is 12.1 Å². The van der Waals surface area contributed by atoms with Gasteiger partial charge in [-0.3, -0.25) is 0 Å². The smallest absolute Gasteiger partial charge is 0.319 e. The Labute approximate surface area is 213 Å². The molecule has 0 aromatic heterocycles. The lowest BCUT2D eigenvalue weighted by molar-refractivity contribution is 0.249. The maximum Gasteiger partial charge on any atom is 0.319 e. The van der Waals surface area contributed by atoms with Crippen LogP contribution in [0.4, 0.5) is 56.1 Å². The molecule has 2 aromatic carbocycles. The van der Waals surface area contributed by atoms with Crippen molar-refractivity contribution in [1.29, 1.82) is 0 Å². The van der Waals surface area contributed by atoms with Gasteiger partial charge < -0.3 is 21.3 Å². The summed E-state index contributed by atoms with van der Waals surface area (Å²) in [6.07, 6.45) is 0.340. The van der Waals surface area contributed by atoms with Crippen LogP contribution in [0.1, 0.15) is 12.8 Å². The molecule has 0 aliphatic rings. The van der Waals surface area contributed by atoms with E-state index in [-0.39, 0.29) is 25.9 Å². The van der Waals surface area contributed by atoms with Gasteiger partial charge in [-0.15, -0.1) is 0 Å². The highest BCUT2D eigenvalue weighted by Crippen LogP contribution is 2.30. The van der Waals surface area contributed by atoms with Crippen molar-refractivity contribution < 1.29 is 44.7 Å². The molecule has 186 valence electrons. The van der Waals surface area contributed by atoms with Gasteiger partial charge in [-0.2, -0.15) is 0 Å². The Morgan fingerprint density at radius 2 is 0.794 bits per heavy atom. The molecule has 0 radical (unpaired) electrons. The molecule has 0 aliphatic heterocycles. The van der Waals surface area contributed by atoms with E-state index in [9.17, 15) is 44.7 Å². The molecule has 4 N–H and O–H groups in total. The molecule has 0 aliphatic carbocycles. The monoisotopic (exact) mass is 722 g/mol. The molecular weight excluding hydrogens is 710 g/mol. The summed E-state index contributed by atoms with van der Waals surface area (Å²) in [4.78, 5) is 23.4. The minimum absolute atomic E-state index is 0.107. The Morgan fingerprint density at radius 3 is 1.06 bits per heavy atom. The first-order chi connectivity index (χ1) is 15.9. The average Bonchev–Trinajstić information content (AvgIpc) is 2.81. The Hall–Kier alpha value is -2.12. The van der Waals surface area contributed by atoms with Crippen molar-refractivity contribution in [1.82, 2.24) is 10.6 Å². The van der Waals surface area contributed by atoms with Crippen LogP contribution in [-0.4, -0.2) is 25.2 Å². The highest BCUT2D eigenvalue weighted by atomic mass is 127. The first-order valence-corrected chi connectivity index (χ1v) is 11.2. The van der Waals surface area contributed by atoms with Crippen LogP contribution in [-0.2, 0) is 0 Å². The highest BCUT2D eigenvalue weighted by molar-refractivity contribution is 14.1. The summed E-state index contributed by atoms with van der Waals surface area (Å²) < 4.78 is 107. The van der Waals surface area contributed by atoms with Crippen LogP contribution in [0.25, 0.3) is 0 Å². The summed E-state index contributed by atoms with van der Waals surface area (Å²) in [5, 5.41) is 7.62. The summed E-state index contributed by atoms with van der Waals surface area (Å²) in [6, 6.07) is -2.34. The molecule has 34 heavy (non-hydrogen) atoms. The van der Waals surface area contributed by atoms with Crippen LogP contribution < -0.4 is 21.3 Å². The first kappa shape index (κ1) is 28.1. The lowest BCUT2D eigenvalue weighted by atomic mass is 10.2. The van der Waals surface area contributed by atoms with Gasteiger partial charge in [-0.05, 0) is 58.0 Å². The number of carbonyl (C=O) groups is 2. The normalized spacial score (nSPS) is 10.8. The average molecular weight is 722 g/mol. The predicted octanol–water partition coefficient (Wildman–Crippen LogP) is 5.73. The first-order valence-electron chi connectivity index (χ1n) is 9.01. The van der Waals surface area contributed by atoms with E-state index in [0.29, 0.717) is 0 Å². The molecule has 6 nitrogen and oxygen atoms in total. The van der Waals surface area contributed by atoms with Gasteiger partial charge in [-0.25, -0.2) is 44.7 Å². The topological polar surface area (TPSA) is 82.3 Å². The zero-order valence-corrected chi connectivity index (χ0v) is 20.7. The molecule has 0 saturated carbocycles. The number of urea groups is 2. The fourth-order valence-electron chi connectivity index (χ4n) is 2.40. The van der Waals surface area contributed by atoms with Crippen LogP contribution >= 0.6 is 45.2 Å². The Balaban J connectivity index is 1.78. The van der Waals surface area contributed by atoms with Crippen LogP contribution in [0.2, 0.25) is 0 Å². The van der Waals surface area contributed by atoms with E-state index in [0.717, 1.165) is 45.2 Å². The van der Waals surface area contributed by atoms with Crippen LogP contribution in [0.5, 0.6) is 0 Å². The van der Waals surface area contributed by atoms with E-state index in [4.69, 9.17) is 0 Å². The minimum atomic E-state index is -1.78. The van der Waals surface area contributed by atoms with Gasteiger partial charge in [0.25, 0.3) is 0 Å². The molecule has 0 heterocycles. The summed E-state index contributed by atoms with van der Waals surface area (Å²) in [5.74, 6) is -13.8. The zero-order valence-electron chi connectivity index (χ0n) is 16.4. The van der Waals surface area contributed by atoms with Gasteiger partial charge in [-0.1, -0.05) is 0 Å². The second-order valence-electron chi connectivity index (χ2n) is 6.36. The minimum Gasteiger partial charge on any atom is -0.338 e. The van der Waals surface area contributed by atoms with Crippen molar-refractivity contribution in [3.05, 3.63) is 53.7 Å². The van der Waals surface area contributed by atoms with Crippen LogP contribution in [0.3, 0.4) is 0 Å². The second-order valence-corrected chi connectivity index (χ2v) is 8.52. The Morgan fingerprint density at radius 1 is 0.529 bits per heavy atom. The van der Waals surface area contributed by atoms with E-state index in [1.54, 1.807) is 10.6 Å². The van der Waals surface area contributed by atoms with E-state index in [2.05, 4.69) is 10.6 Å². The molecule has 0 unspecified atom stereocenters. The van der Waals surface area contributed by atoms with Crippen LogP contribution in [0, 0.1) is 53.7 Å². The number of hydrogen-bond acceptors (Lipinski definition) is 2. The van der Waals surface area contributed by atoms with Gasteiger partial charge in [0.1, 0.15) is 11.4 Å². The zero-order chi connectivity index (χ0) is 25.7. The Bertz CT molecular complexity index is 991. The highest BCUT2D eigenvalue weighted by Gasteiger charge is 2.26. The molecule has 0 atom stereocenters. The molecule has 2 aromatic rings. The lowest BCUT2D eigenvalue weighted by Crippen LogP contribution is -2.32. The summed E-state index contributed by atoms with van der Waals surface area (Å²) in [7, 11) is 0. The molecule has 2 rings (SSSR count). The number of unbranched alkanes of at least 4 members (excludes halogenated alkanes) is 1. The predicted molar refractivity (Wildman–Crippen MR) is 121 cm³/mol. The molecule has 0 spiro atoms. The van der Waals surface area contributed by atoms with Gasteiger partial charge in [0, 0.05) is 13.1 Å². The van der Waals surface area contributed by atoms with E-state index in [1.165, 1.54) is 0 Å². The number of nitrogens with one attached hydrogen (secondary N) is 4. The van der Waals surface area contributed by atoms with Crippen molar-refractivity contribution in [2.24, 2.45) is 0 Å². The number of halogens is 10. The van der Waals surface area contributed by atoms with Crippen molar-refractivity contribution in [2.75, 3.05) is 23.7 Å². The summed E-state index contributed by atoms with van der Waals surface area (Å²) in [5.41, 5.74) is -2.62. The molecule has 16 heteroatoms. The molecular formula is C18H12F8I2N4O2. The fourth-order valence-corrected chi connectivity index (χ4v) is 3.35. The number of rotatable bonds is 7. The standard InChI is InChI=1S/C18H12F8I2N4O2/c19-5-9(23)15(10(24)6(20)13(5)27)31-17(33)29-3-1-2-4-30-18(34)32-16-11(25)7(21)14(28)8(22)12(16)26/h1-4H2,(H2,29,31,33)(H2,30,32,34). The van der Waals surface area contributed by atoms with E-state index in [1.807, 2.05) is 0 Å². The third kappa shape index (κ3) is 6.30. The van der Waals surface area contributed by atoms with Gasteiger partial charge in [0.2, 0.25) is 0 Å². The number of benzene rings is 2. The quantitative estimate of drug-likeness (QED) is 0.0969. The Kier molecular flexibility index (Phi) is 9.95. The molecule has 4 amide bonds. The third-order valence-corrected chi connectivity index (χ3v) is 5.97. The largest absolute Gasteiger partial charge is 0.338 e. The van der Waals surface area contributed by atoms with Crippen LogP contribution in [0.15, 0.2) is 0 Å². The maximum absolute atomic E-state index is 13.7. The van der Waals surface area contributed by atoms with Crippen molar-refractivity contribution in [3.63, 3.8) is 0 Å². The van der Waals surface area contributed by atoms with E-state index < -0.39 is 77.1 Å². The SMILES string of the molecule is O=C(NCCCCNC(=O)Nc1c(F)c(F)c(I)c(F)c1F)Nc1c(F)c(F)c(I)c(F)c1F. The summed E-state index contributed by atoms with van der Waals surface area (Å²) >= 11 is 2.12. The van der Waals surface area contributed by atoms with Gasteiger partial charge in [0.15, 0.2) is 46.5 Å². The number of carbonyl (C=O) groups excluding carboxylic acids is 2. The maximum atomic E-state index is 13.7. The molecule has 0 saturated heterocycles. The van der Waals surface area contributed by atoms with Crippen molar-refractivity contribution in [3.8, 4) is 0 Å². The fraction of sp³-hybridized carbons (Fsp3) is 0.222. The van der Waals surface area contributed by atoms with E-state index >= 15 is 0 Å². The lowest BCUT2D eigenvalue weighted by Gasteiger charge is -2.12. The van der Waals surface area contributed by atoms with Crippen molar-refractivity contribution >= 4 is 68.6 Å². The second kappa shape index (κ2) is 12.0. The molecule has 0 bridgehead atoms. The third-order valence-electron chi connectivity index (χ3n) is 4.07. The van der Waals surface area contributed by atoms with Crippen molar-refractivity contribution in [2.45, 2.75) is 12.8 Å². The number of amides is 4.